The minimum absolute atomic E-state index is 0.627. The third kappa shape index (κ3) is 5.88. The summed E-state index contributed by atoms with van der Waals surface area (Å²) in [6.07, 6.45) is 2.64. The highest BCUT2D eigenvalue weighted by Crippen LogP contribution is 2.11. The molecule has 17 heavy (non-hydrogen) atoms. The maximum Gasteiger partial charge on any atom is 0.0236 e. The predicted molar refractivity (Wildman–Crippen MR) is 76.1 cm³/mol. The maximum absolute atomic E-state index is 2.57. The lowest BCUT2D eigenvalue weighted by atomic mass is 10.1. The van der Waals surface area contributed by atoms with Crippen LogP contribution >= 0.6 is 0 Å². The van der Waals surface area contributed by atoms with Gasteiger partial charge in [0.2, 0.25) is 0 Å². The quantitative estimate of drug-likeness (QED) is 0.677. The molecular formula is C16H27N. The van der Waals surface area contributed by atoms with Crippen LogP contribution in [0.4, 0.5) is 0 Å². The van der Waals surface area contributed by atoms with Gasteiger partial charge in [-0.3, -0.25) is 4.90 Å². The Hall–Kier alpha value is -0.820. The van der Waals surface area contributed by atoms with Gasteiger partial charge in [-0.1, -0.05) is 44.2 Å². The summed E-state index contributed by atoms with van der Waals surface area (Å²) in [6, 6.07) is 11.4. The first-order valence-electron chi connectivity index (χ1n) is 6.87. The second-order valence-electron chi connectivity index (χ2n) is 5.59. The number of hydrogen-bond donors (Lipinski definition) is 0. The van der Waals surface area contributed by atoms with Crippen molar-refractivity contribution in [2.45, 2.75) is 53.1 Å². The summed E-state index contributed by atoms with van der Waals surface area (Å²) < 4.78 is 0. The van der Waals surface area contributed by atoms with Gasteiger partial charge in [0, 0.05) is 12.6 Å². The van der Waals surface area contributed by atoms with Gasteiger partial charge in [0.1, 0.15) is 0 Å². The van der Waals surface area contributed by atoms with Gasteiger partial charge >= 0.3 is 0 Å². The average molecular weight is 233 g/mol. The van der Waals surface area contributed by atoms with Gasteiger partial charge < -0.3 is 0 Å². The van der Waals surface area contributed by atoms with Crippen LogP contribution in [0.2, 0.25) is 0 Å². The monoisotopic (exact) mass is 233 g/mol. The van der Waals surface area contributed by atoms with Crippen LogP contribution in [0.25, 0.3) is 0 Å². The standard InChI is InChI=1S/C16H27N/c1-14(2)9-8-12-17(15(3)4)13-16-10-6-5-7-11-16/h5-7,10-11,14-15H,8-9,12-13H2,1-4H3. The Kier molecular flexibility index (Phi) is 6.28. The van der Waals surface area contributed by atoms with Gasteiger partial charge in [-0.25, -0.2) is 0 Å². The van der Waals surface area contributed by atoms with Crippen LogP contribution in [0, 0.1) is 5.92 Å². The first kappa shape index (κ1) is 14.2. The fourth-order valence-corrected chi connectivity index (χ4v) is 2.04. The Morgan fingerprint density at radius 3 is 2.18 bits per heavy atom. The van der Waals surface area contributed by atoms with Crippen molar-refractivity contribution in [1.82, 2.24) is 4.90 Å². The molecule has 0 spiro atoms. The lowest BCUT2D eigenvalue weighted by Gasteiger charge is -2.26. The van der Waals surface area contributed by atoms with E-state index in [1.54, 1.807) is 0 Å². The number of nitrogens with zero attached hydrogens (tertiary/aromatic N) is 1. The van der Waals surface area contributed by atoms with E-state index >= 15 is 0 Å². The number of benzene rings is 1. The number of rotatable bonds is 7. The Morgan fingerprint density at radius 2 is 1.65 bits per heavy atom. The van der Waals surface area contributed by atoms with Crippen LogP contribution < -0.4 is 0 Å². The molecule has 0 aromatic heterocycles. The second kappa shape index (κ2) is 7.50. The van der Waals surface area contributed by atoms with Crippen molar-refractivity contribution in [2.75, 3.05) is 6.54 Å². The van der Waals surface area contributed by atoms with E-state index in [2.05, 4.69) is 62.9 Å². The van der Waals surface area contributed by atoms with Crippen LogP contribution in [0.1, 0.15) is 46.1 Å². The van der Waals surface area contributed by atoms with Crippen molar-refractivity contribution in [3.05, 3.63) is 35.9 Å². The Morgan fingerprint density at radius 1 is 1.00 bits per heavy atom. The molecular weight excluding hydrogens is 206 g/mol. The molecule has 1 aromatic rings. The predicted octanol–water partition coefficient (Wildman–Crippen LogP) is 4.33. The maximum atomic E-state index is 2.57. The van der Waals surface area contributed by atoms with E-state index in [1.807, 2.05) is 0 Å². The van der Waals surface area contributed by atoms with E-state index in [0.717, 1.165) is 12.5 Å². The van der Waals surface area contributed by atoms with Crippen molar-refractivity contribution < 1.29 is 0 Å². The highest BCUT2D eigenvalue weighted by atomic mass is 15.1. The van der Waals surface area contributed by atoms with E-state index in [-0.39, 0.29) is 0 Å². The minimum Gasteiger partial charge on any atom is -0.297 e. The SMILES string of the molecule is CC(C)CCCN(Cc1ccccc1)C(C)C. The van der Waals surface area contributed by atoms with Gasteiger partial charge in [-0.15, -0.1) is 0 Å². The molecule has 0 aliphatic carbocycles. The lowest BCUT2D eigenvalue weighted by molar-refractivity contribution is 0.205. The zero-order valence-corrected chi connectivity index (χ0v) is 11.8. The van der Waals surface area contributed by atoms with Crippen LogP contribution in [0.3, 0.4) is 0 Å². The number of hydrogen-bond acceptors (Lipinski definition) is 1. The molecule has 0 amide bonds. The average Bonchev–Trinajstić information content (AvgIpc) is 2.28. The van der Waals surface area contributed by atoms with E-state index in [0.29, 0.717) is 6.04 Å². The molecule has 0 N–H and O–H groups in total. The summed E-state index contributed by atoms with van der Waals surface area (Å²) in [7, 11) is 0. The summed E-state index contributed by atoms with van der Waals surface area (Å²) in [5.74, 6) is 0.820. The molecule has 0 saturated heterocycles. The summed E-state index contributed by atoms with van der Waals surface area (Å²) in [4.78, 5) is 2.57. The van der Waals surface area contributed by atoms with E-state index in [1.165, 1.54) is 24.9 Å². The van der Waals surface area contributed by atoms with Crippen molar-refractivity contribution in [1.29, 1.82) is 0 Å². The summed E-state index contributed by atoms with van der Waals surface area (Å²) >= 11 is 0. The van der Waals surface area contributed by atoms with Crippen molar-refractivity contribution in [3.8, 4) is 0 Å². The third-order valence-electron chi connectivity index (χ3n) is 3.19. The molecule has 1 heteroatoms. The minimum atomic E-state index is 0.627. The molecule has 1 rings (SSSR count). The molecule has 0 fully saturated rings. The highest BCUT2D eigenvalue weighted by molar-refractivity contribution is 5.14. The topological polar surface area (TPSA) is 3.24 Å². The first-order valence-corrected chi connectivity index (χ1v) is 6.87. The smallest absolute Gasteiger partial charge is 0.0236 e. The van der Waals surface area contributed by atoms with Crippen LogP contribution in [-0.4, -0.2) is 17.5 Å². The Balaban J connectivity index is 2.44. The summed E-state index contributed by atoms with van der Waals surface area (Å²) in [6.45, 7) is 11.5. The molecule has 0 unspecified atom stereocenters. The molecule has 0 bridgehead atoms. The van der Waals surface area contributed by atoms with Crippen molar-refractivity contribution in [2.24, 2.45) is 5.92 Å². The fraction of sp³-hybridized carbons (Fsp3) is 0.625. The van der Waals surface area contributed by atoms with Gasteiger partial charge in [-0.2, -0.15) is 0 Å². The van der Waals surface area contributed by atoms with E-state index < -0.39 is 0 Å². The second-order valence-corrected chi connectivity index (χ2v) is 5.59. The Bertz CT molecular complexity index is 290. The van der Waals surface area contributed by atoms with Gasteiger partial charge in [0.05, 0.1) is 0 Å². The van der Waals surface area contributed by atoms with E-state index in [4.69, 9.17) is 0 Å². The summed E-state index contributed by atoms with van der Waals surface area (Å²) in [5, 5.41) is 0. The molecule has 0 aliphatic heterocycles. The van der Waals surface area contributed by atoms with Crippen molar-refractivity contribution >= 4 is 0 Å². The molecule has 0 saturated carbocycles. The zero-order chi connectivity index (χ0) is 12.7. The molecule has 0 radical (unpaired) electrons. The fourth-order valence-electron chi connectivity index (χ4n) is 2.04. The molecule has 0 heterocycles. The highest BCUT2D eigenvalue weighted by Gasteiger charge is 2.09. The molecule has 1 nitrogen and oxygen atoms in total. The van der Waals surface area contributed by atoms with Crippen molar-refractivity contribution in [3.63, 3.8) is 0 Å². The molecule has 1 aromatic carbocycles. The Labute approximate surface area is 107 Å². The third-order valence-corrected chi connectivity index (χ3v) is 3.19. The molecule has 96 valence electrons. The zero-order valence-electron chi connectivity index (χ0n) is 11.8. The van der Waals surface area contributed by atoms with Gasteiger partial charge in [-0.05, 0) is 44.7 Å². The lowest BCUT2D eigenvalue weighted by Crippen LogP contribution is -2.31. The first-order chi connectivity index (χ1) is 8.09. The molecule has 0 aliphatic rings. The molecule has 0 atom stereocenters. The van der Waals surface area contributed by atoms with Crippen LogP contribution in [-0.2, 0) is 6.54 Å². The normalized spacial score (nSPS) is 11.7. The van der Waals surface area contributed by atoms with Crippen LogP contribution in [0.5, 0.6) is 0 Å². The van der Waals surface area contributed by atoms with Gasteiger partial charge in [0.25, 0.3) is 0 Å². The largest absolute Gasteiger partial charge is 0.297 e. The summed E-state index contributed by atoms with van der Waals surface area (Å²) in [5.41, 5.74) is 1.42. The van der Waals surface area contributed by atoms with E-state index in [9.17, 15) is 0 Å². The van der Waals surface area contributed by atoms with Gasteiger partial charge in [0.15, 0.2) is 0 Å². The van der Waals surface area contributed by atoms with Crippen LogP contribution in [0.15, 0.2) is 30.3 Å².